The summed E-state index contributed by atoms with van der Waals surface area (Å²) in [5.74, 6) is -1.56. The van der Waals surface area contributed by atoms with Crippen molar-refractivity contribution in [1.29, 1.82) is 0 Å². The number of carbonyl (C=O) groups excluding carboxylic acids is 1. The van der Waals surface area contributed by atoms with E-state index in [4.69, 9.17) is 5.11 Å². The van der Waals surface area contributed by atoms with Gasteiger partial charge in [0.15, 0.2) is 0 Å². The molecule has 2 atom stereocenters. The number of nitroso groups, excluding NO2 is 1. The molecule has 0 bridgehead atoms. The highest BCUT2D eigenvalue weighted by atomic mass is 16.4. The minimum absolute atomic E-state index is 0.447. The van der Waals surface area contributed by atoms with Gasteiger partial charge in [0.05, 0.1) is 5.29 Å². The Balaban J connectivity index is 2.53. The summed E-state index contributed by atoms with van der Waals surface area (Å²) in [5, 5.41) is 14.7. The Hall–Kier alpha value is -1.66. The number of carboxylic acids is 1. The third-order valence-electron chi connectivity index (χ3n) is 2.36. The van der Waals surface area contributed by atoms with Crippen molar-refractivity contribution < 1.29 is 14.7 Å². The van der Waals surface area contributed by atoms with Gasteiger partial charge in [-0.1, -0.05) is 0 Å². The first-order valence-corrected chi connectivity index (χ1v) is 4.69. The summed E-state index contributed by atoms with van der Waals surface area (Å²) < 4.78 is 0. The van der Waals surface area contributed by atoms with Crippen molar-refractivity contribution in [3.8, 4) is 0 Å². The first kappa shape index (κ1) is 11.4. The Morgan fingerprint density at radius 1 is 1.60 bits per heavy atom. The van der Waals surface area contributed by atoms with Crippen LogP contribution >= 0.6 is 0 Å². The maximum absolute atomic E-state index is 11.5. The molecule has 0 spiro atoms. The zero-order valence-corrected chi connectivity index (χ0v) is 8.34. The van der Waals surface area contributed by atoms with Gasteiger partial charge in [-0.05, 0) is 19.8 Å². The maximum Gasteiger partial charge on any atom is 0.325 e. The van der Waals surface area contributed by atoms with Gasteiger partial charge in [-0.25, -0.2) is 5.01 Å². The molecule has 2 unspecified atom stereocenters. The van der Waals surface area contributed by atoms with Crippen LogP contribution in [0.15, 0.2) is 5.29 Å². The van der Waals surface area contributed by atoms with E-state index in [1.54, 1.807) is 0 Å². The fraction of sp³-hybridized carbons (Fsp3) is 0.750. The Morgan fingerprint density at radius 2 is 2.27 bits per heavy atom. The van der Waals surface area contributed by atoms with Gasteiger partial charge in [0.1, 0.15) is 12.1 Å². The molecule has 1 fully saturated rings. The van der Waals surface area contributed by atoms with Crippen LogP contribution in [0.5, 0.6) is 0 Å². The Kier molecular flexibility index (Phi) is 3.59. The van der Waals surface area contributed by atoms with Crippen LogP contribution in [0.4, 0.5) is 0 Å². The van der Waals surface area contributed by atoms with Crippen molar-refractivity contribution in [3.05, 3.63) is 4.91 Å². The molecule has 15 heavy (non-hydrogen) atoms. The average Bonchev–Trinajstić information content (AvgIpc) is 2.64. The van der Waals surface area contributed by atoms with E-state index in [1.165, 1.54) is 6.92 Å². The van der Waals surface area contributed by atoms with Crippen LogP contribution in [0.2, 0.25) is 0 Å². The fourth-order valence-corrected chi connectivity index (χ4v) is 1.49. The second kappa shape index (κ2) is 4.72. The highest BCUT2D eigenvalue weighted by Crippen LogP contribution is 2.17. The van der Waals surface area contributed by atoms with Crippen molar-refractivity contribution in [3.63, 3.8) is 0 Å². The van der Waals surface area contributed by atoms with Crippen LogP contribution in [-0.4, -0.2) is 40.6 Å². The number of carbonyl (C=O) groups is 2. The molecule has 1 aliphatic heterocycles. The zero-order chi connectivity index (χ0) is 11.4. The number of rotatable bonds is 4. The molecule has 0 aliphatic carbocycles. The lowest BCUT2D eigenvalue weighted by Crippen LogP contribution is -2.47. The van der Waals surface area contributed by atoms with Gasteiger partial charge in [-0.3, -0.25) is 9.59 Å². The summed E-state index contributed by atoms with van der Waals surface area (Å²) in [5.41, 5.74) is 0. The summed E-state index contributed by atoms with van der Waals surface area (Å²) in [7, 11) is 0. The number of nitrogens with one attached hydrogen (secondary N) is 1. The van der Waals surface area contributed by atoms with Crippen molar-refractivity contribution >= 4 is 11.9 Å². The Labute approximate surface area is 86.4 Å². The van der Waals surface area contributed by atoms with E-state index < -0.39 is 24.0 Å². The number of hydrogen-bond acceptors (Lipinski definition) is 4. The zero-order valence-electron chi connectivity index (χ0n) is 8.34. The predicted octanol–water partition coefficient (Wildman–Crippen LogP) is -0.279. The highest BCUT2D eigenvalue weighted by molar-refractivity contribution is 5.86. The van der Waals surface area contributed by atoms with Gasteiger partial charge in [0.2, 0.25) is 5.91 Å². The molecule has 1 rings (SSSR count). The summed E-state index contributed by atoms with van der Waals surface area (Å²) in [6, 6.07) is -1.57. The lowest BCUT2D eigenvalue weighted by Gasteiger charge is -2.18. The summed E-state index contributed by atoms with van der Waals surface area (Å²) in [6.07, 6.45) is 1.25. The summed E-state index contributed by atoms with van der Waals surface area (Å²) in [6.45, 7) is 1.82. The van der Waals surface area contributed by atoms with Gasteiger partial charge >= 0.3 is 5.97 Å². The maximum atomic E-state index is 11.5. The van der Waals surface area contributed by atoms with Crippen LogP contribution in [0.3, 0.4) is 0 Å². The van der Waals surface area contributed by atoms with E-state index in [0.717, 1.165) is 5.01 Å². The van der Waals surface area contributed by atoms with E-state index in [1.807, 2.05) is 0 Å². The summed E-state index contributed by atoms with van der Waals surface area (Å²) >= 11 is 0. The monoisotopic (exact) mass is 215 g/mol. The number of carboxylic acid groups (broad SMARTS) is 1. The van der Waals surface area contributed by atoms with E-state index in [9.17, 15) is 14.5 Å². The van der Waals surface area contributed by atoms with Gasteiger partial charge in [0, 0.05) is 6.54 Å². The Bertz CT molecular complexity index is 281. The fourth-order valence-electron chi connectivity index (χ4n) is 1.49. The molecular weight excluding hydrogens is 202 g/mol. The smallest absolute Gasteiger partial charge is 0.325 e. The molecule has 0 aromatic rings. The predicted molar refractivity (Wildman–Crippen MR) is 50.8 cm³/mol. The molecule has 7 heteroatoms. The van der Waals surface area contributed by atoms with Crippen LogP contribution in [0.25, 0.3) is 0 Å². The van der Waals surface area contributed by atoms with Crippen LogP contribution in [0, 0.1) is 4.91 Å². The largest absolute Gasteiger partial charge is 0.480 e. The molecule has 1 heterocycles. The Morgan fingerprint density at radius 3 is 2.80 bits per heavy atom. The lowest BCUT2D eigenvalue weighted by atomic mass is 10.2. The van der Waals surface area contributed by atoms with E-state index >= 15 is 0 Å². The van der Waals surface area contributed by atoms with Crippen molar-refractivity contribution in [2.45, 2.75) is 31.8 Å². The molecule has 84 valence electrons. The average molecular weight is 215 g/mol. The third-order valence-corrected chi connectivity index (χ3v) is 2.36. The molecule has 0 radical (unpaired) electrons. The van der Waals surface area contributed by atoms with E-state index in [-0.39, 0.29) is 0 Å². The highest BCUT2D eigenvalue weighted by Gasteiger charge is 2.32. The van der Waals surface area contributed by atoms with Crippen LogP contribution in [0.1, 0.15) is 19.8 Å². The molecule has 1 aliphatic rings. The second-order valence-electron chi connectivity index (χ2n) is 3.47. The van der Waals surface area contributed by atoms with E-state index in [2.05, 4.69) is 10.6 Å². The van der Waals surface area contributed by atoms with Gasteiger partial charge < -0.3 is 10.4 Å². The lowest BCUT2D eigenvalue weighted by molar-refractivity contribution is -0.142. The molecule has 0 saturated carbocycles. The standard InChI is InChI=1S/C8H13N3O4/c1-5(8(13)14)9-7(12)6-3-2-4-11(6)10-15/h5-6H,2-4H2,1H3,(H,9,12)(H,13,14). The second-order valence-corrected chi connectivity index (χ2v) is 3.47. The molecule has 1 saturated heterocycles. The minimum atomic E-state index is -1.10. The van der Waals surface area contributed by atoms with Crippen molar-refractivity contribution in [2.24, 2.45) is 5.29 Å². The molecular formula is C8H13N3O4. The van der Waals surface area contributed by atoms with Crippen LogP contribution in [-0.2, 0) is 9.59 Å². The molecule has 0 aromatic heterocycles. The van der Waals surface area contributed by atoms with Crippen molar-refractivity contribution in [1.82, 2.24) is 10.3 Å². The third kappa shape index (κ3) is 2.64. The van der Waals surface area contributed by atoms with Gasteiger partial charge in [-0.15, -0.1) is 4.91 Å². The van der Waals surface area contributed by atoms with Gasteiger partial charge in [0.25, 0.3) is 0 Å². The molecule has 7 nitrogen and oxygen atoms in total. The first-order chi connectivity index (χ1) is 7.06. The summed E-state index contributed by atoms with van der Waals surface area (Å²) in [4.78, 5) is 32.3. The van der Waals surface area contributed by atoms with Crippen LogP contribution < -0.4 is 5.32 Å². The topological polar surface area (TPSA) is 99.1 Å². The van der Waals surface area contributed by atoms with E-state index in [0.29, 0.717) is 19.4 Å². The number of amides is 1. The minimum Gasteiger partial charge on any atom is -0.480 e. The van der Waals surface area contributed by atoms with Gasteiger partial charge in [-0.2, -0.15) is 0 Å². The molecule has 0 aromatic carbocycles. The molecule has 1 amide bonds. The SMILES string of the molecule is CC(NC(=O)C1CCCN1N=O)C(=O)O. The number of aliphatic carboxylic acids is 1. The molecule has 2 N–H and O–H groups in total. The van der Waals surface area contributed by atoms with Crippen molar-refractivity contribution in [2.75, 3.05) is 6.54 Å². The quantitative estimate of drug-likeness (QED) is 0.628. The number of nitrogens with zero attached hydrogens (tertiary/aromatic N) is 2. The number of hydrogen-bond donors (Lipinski definition) is 2. The first-order valence-electron chi connectivity index (χ1n) is 4.69. The normalized spacial score (nSPS) is 22.2.